The monoisotopic (exact) mass is 391 g/mol. The van der Waals surface area contributed by atoms with E-state index in [1.165, 1.54) is 0 Å². The van der Waals surface area contributed by atoms with E-state index in [-0.39, 0.29) is 31.4 Å². The van der Waals surface area contributed by atoms with Crippen molar-refractivity contribution in [2.75, 3.05) is 34.4 Å². The van der Waals surface area contributed by atoms with Gasteiger partial charge in [0.15, 0.2) is 0 Å². The SMILES string of the molecule is COc1ccccc1CNC(=O)C[C@H]1C=C[C@H](NC(=O)CN(C)C)[C@H](CO)O1. The summed E-state index contributed by atoms with van der Waals surface area (Å²) in [7, 11) is 5.19. The lowest BCUT2D eigenvalue weighted by Gasteiger charge is -2.32. The summed E-state index contributed by atoms with van der Waals surface area (Å²) >= 11 is 0. The molecule has 1 aromatic carbocycles. The number of hydrogen-bond donors (Lipinski definition) is 3. The standard InChI is InChI=1S/C20H29N3O5/c1-23(2)12-20(26)22-16-9-8-15(28-18(16)13-24)10-19(25)21-11-14-6-4-5-7-17(14)27-3/h4-9,15-16,18,24H,10-13H2,1-3H3,(H,21,25)(H,22,26)/t15-,16+,18+/m1/s1. The summed E-state index contributed by atoms with van der Waals surface area (Å²) in [6, 6.07) is 7.05. The maximum absolute atomic E-state index is 12.3. The molecule has 1 aliphatic rings. The minimum Gasteiger partial charge on any atom is -0.496 e. The second kappa shape index (κ2) is 10.8. The zero-order chi connectivity index (χ0) is 20.5. The fourth-order valence-corrected chi connectivity index (χ4v) is 2.95. The van der Waals surface area contributed by atoms with Gasteiger partial charge < -0.3 is 30.1 Å². The van der Waals surface area contributed by atoms with Crippen molar-refractivity contribution in [1.29, 1.82) is 0 Å². The van der Waals surface area contributed by atoms with Crippen LogP contribution in [0.1, 0.15) is 12.0 Å². The van der Waals surface area contributed by atoms with Gasteiger partial charge in [-0.1, -0.05) is 30.4 Å². The van der Waals surface area contributed by atoms with E-state index >= 15 is 0 Å². The molecule has 0 aliphatic carbocycles. The molecule has 8 nitrogen and oxygen atoms in total. The Morgan fingerprint density at radius 2 is 1.96 bits per heavy atom. The van der Waals surface area contributed by atoms with E-state index < -0.39 is 18.2 Å². The van der Waals surface area contributed by atoms with Crippen molar-refractivity contribution in [3.05, 3.63) is 42.0 Å². The fraction of sp³-hybridized carbons (Fsp3) is 0.500. The van der Waals surface area contributed by atoms with Crippen LogP contribution in [0.5, 0.6) is 5.75 Å². The number of carbonyl (C=O) groups excluding carboxylic acids is 2. The minimum atomic E-state index is -0.594. The van der Waals surface area contributed by atoms with Crippen molar-refractivity contribution in [1.82, 2.24) is 15.5 Å². The van der Waals surface area contributed by atoms with Crippen molar-refractivity contribution >= 4 is 11.8 Å². The van der Waals surface area contributed by atoms with Crippen LogP contribution in [0.2, 0.25) is 0 Å². The third-order valence-corrected chi connectivity index (χ3v) is 4.31. The number of methoxy groups -OCH3 is 1. The molecule has 3 atom stereocenters. The predicted molar refractivity (Wildman–Crippen MR) is 105 cm³/mol. The topological polar surface area (TPSA) is 100 Å². The number of nitrogens with one attached hydrogen (secondary N) is 2. The molecule has 1 aliphatic heterocycles. The van der Waals surface area contributed by atoms with Crippen molar-refractivity contribution < 1.29 is 24.2 Å². The molecule has 28 heavy (non-hydrogen) atoms. The predicted octanol–water partition coefficient (Wildman–Crippen LogP) is 0.0638. The number of aliphatic hydroxyl groups is 1. The quantitative estimate of drug-likeness (QED) is 0.515. The Labute approximate surface area is 165 Å². The zero-order valence-electron chi connectivity index (χ0n) is 16.6. The van der Waals surface area contributed by atoms with Crippen molar-refractivity contribution in [3.8, 4) is 5.75 Å². The van der Waals surface area contributed by atoms with Gasteiger partial charge in [-0.05, 0) is 20.2 Å². The molecule has 8 heteroatoms. The van der Waals surface area contributed by atoms with Crippen LogP contribution < -0.4 is 15.4 Å². The smallest absolute Gasteiger partial charge is 0.234 e. The Morgan fingerprint density at radius 1 is 1.21 bits per heavy atom. The van der Waals surface area contributed by atoms with Gasteiger partial charge in [-0.15, -0.1) is 0 Å². The summed E-state index contributed by atoms with van der Waals surface area (Å²) < 4.78 is 11.0. The summed E-state index contributed by atoms with van der Waals surface area (Å²) in [4.78, 5) is 25.9. The molecule has 0 unspecified atom stereocenters. The number of benzene rings is 1. The first-order chi connectivity index (χ1) is 13.4. The van der Waals surface area contributed by atoms with Crippen LogP contribution in [0, 0.1) is 0 Å². The van der Waals surface area contributed by atoms with Crippen LogP contribution in [0.3, 0.4) is 0 Å². The van der Waals surface area contributed by atoms with Gasteiger partial charge in [0, 0.05) is 12.1 Å². The van der Waals surface area contributed by atoms with Gasteiger partial charge >= 0.3 is 0 Å². The molecule has 0 bridgehead atoms. The minimum absolute atomic E-state index is 0.126. The van der Waals surface area contributed by atoms with Crippen LogP contribution in [0.25, 0.3) is 0 Å². The van der Waals surface area contributed by atoms with Crippen LogP contribution >= 0.6 is 0 Å². The first-order valence-electron chi connectivity index (χ1n) is 9.20. The molecule has 0 radical (unpaired) electrons. The average molecular weight is 391 g/mol. The highest BCUT2D eigenvalue weighted by molar-refractivity contribution is 5.79. The molecule has 1 heterocycles. The number of aliphatic hydroxyl groups excluding tert-OH is 1. The molecule has 3 N–H and O–H groups in total. The maximum Gasteiger partial charge on any atom is 0.234 e. The summed E-state index contributed by atoms with van der Waals surface area (Å²) in [5, 5.41) is 15.2. The van der Waals surface area contributed by atoms with Crippen LogP contribution in [-0.2, 0) is 20.9 Å². The van der Waals surface area contributed by atoms with E-state index in [2.05, 4.69) is 10.6 Å². The van der Waals surface area contributed by atoms with Crippen LogP contribution in [0.4, 0.5) is 0 Å². The third-order valence-electron chi connectivity index (χ3n) is 4.31. The fourth-order valence-electron chi connectivity index (χ4n) is 2.95. The normalized spacial score (nSPS) is 21.4. The molecule has 1 aromatic rings. The number of nitrogens with zero attached hydrogens (tertiary/aromatic N) is 1. The molecule has 0 spiro atoms. The lowest BCUT2D eigenvalue weighted by atomic mass is 10.0. The summed E-state index contributed by atoms with van der Waals surface area (Å²) in [6.07, 6.45) is 2.59. The molecule has 2 rings (SSSR count). The number of carbonyl (C=O) groups is 2. The van der Waals surface area contributed by atoms with E-state index in [0.29, 0.717) is 12.3 Å². The number of likely N-dealkylation sites (N-methyl/N-ethyl adjacent to an activating group) is 1. The van der Waals surface area contributed by atoms with E-state index in [9.17, 15) is 14.7 Å². The first kappa shape index (κ1) is 21.9. The van der Waals surface area contributed by atoms with Crippen LogP contribution in [0.15, 0.2) is 36.4 Å². The molecule has 0 aromatic heterocycles. The van der Waals surface area contributed by atoms with Gasteiger partial charge in [0.2, 0.25) is 11.8 Å². The van der Waals surface area contributed by atoms with Gasteiger partial charge in [0.25, 0.3) is 0 Å². The molecular formula is C20H29N3O5. The zero-order valence-corrected chi connectivity index (χ0v) is 16.6. The number of amides is 2. The number of ether oxygens (including phenoxy) is 2. The second-order valence-electron chi connectivity index (χ2n) is 6.90. The lowest BCUT2D eigenvalue weighted by molar-refractivity contribution is -0.128. The molecular weight excluding hydrogens is 362 g/mol. The van der Waals surface area contributed by atoms with Crippen LogP contribution in [-0.4, -0.2) is 74.4 Å². The van der Waals surface area contributed by atoms with E-state index in [1.54, 1.807) is 38.3 Å². The Hall–Kier alpha value is -2.42. The third kappa shape index (κ3) is 6.63. The average Bonchev–Trinajstić information content (AvgIpc) is 2.67. The molecule has 0 fully saturated rings. The van der Waals surface area contributed by atoms with Gasteiger partial charge in [0.1, 0.15) is 11.9 Å². The molecule has 0 saturated heterocycles. The van der Waals surface area contributed by atoms with E-state index in [1.807, 2.05) is 24.3 Å². The highest BCUT2D eigenvalue weighted by Gasteiger charge is 2.29. The second-order valence-corrected chi connectivity index (χ2v) is 6.90. The number of hydrogen-bond acceptors (Lipinski definition) is 6. The Bertz CT molecular complexity index is 692. The summed E-state index contributed by atoms with van der Waals surface area (Å²) in [5.74, 6) is 0.385. The van der Waals surface area contributed by atoms with Gasteiger partial charge in [0.05, 0.1) is 38.8 Å². The molecule has 0 saturated carbocycles. The van der Waals surface area contributed by atoms with Gasteiger partial charge in [-0.2, -0.15) is 0 Å². The lowest BCUT2D eigenvalue weighted by Crippen LogP contribution is -2.50. The Kier molecular flexibility index (Phi) is 8.43. The maximum atomic E-state index is 12.3. The highest BCUT2D eigenvalue weighted by Crippen LogP contribution is 2.18. The Balaban J connectivity index is 1.86. The first-order valence-corrected chi connectivity index (χ1v) is 9.20. The van der Waals surface area contributed by atoms with Gasteiger partial charge in [-0.25, -0.2) is 0 Å². The summed E-state index contributed by atoms with van der Waals surface area (Å²) in [5.41, 5.74) is 0.885. The van der Waals surface area contributed by atoms with Gasteiger partial charge in [-0.3, -0.25) is 9.59 Å². The molecule has 2 amide bonds. The van der Waals surface area contributed by atoms with E-state index in [4.69, 9.17) is 9.47 Å². The number of rotatable bonds is 9. The Morgan fingerprint density at radius 3 is 2.64 bits per heavy atom. The number of para-hydroxylation sites is 1. The van der Waals surface area contributed by atoms with Crippen molar-refractivity contribution in [2.24, 2.45) is 0 Å². The highest BCUT2D eigenvalue weighted by atomic mass is 16.5. The largest absolute Gasteiger partial charge is 0.496 e. The summed E-state index contributed by atoms with van der Waals surface area (Å²) in [6.45, 7) is 0.347. The van der Waals surface area contributed by atoms with Crippen molar-refractivity contribution in [3.63, 3.8) is 0 Å². The molecule has 154 valence electrons. The van der Waals surface area contributed by atoms with Crippen molar-refractivity contribution in [2.45, 2.75) is 31.2 Å². The van der Waals surface area contributed by atoms with E-state index in [0.717, 1.165) is 5.56 Å².